The summed E-state index contributed by atoms with van der Waals surface area (Å²) >= 11 is 0. The molecule has 6 nitrogen and oxygen atoms in total. The highest BCUT2D eigenvalue weighted by Crippen LogP contribution is 2.32. The van der Waals surface area contributed by atoms with Crippen LogP contribution in [0.5, 0.6) is 5.75 Å². The van der Waals surface area contributed by atoms with E-state index in [9.17, 15) is 4.79 Å². The Balaban J connectivity index is 1.30. The van der Waals surface area contributed by atoms with E-state index in [1.165, 1.54) is 22.1 Å². The Labute approximate surface area is 207 Å². The molecule has 1 fully saturated rings. The first-order chi connectivity index (χ1) is 17.2. The van der Waals surface area contributed by atoms with Crippen LogP contribution in [0.2, 0.25) is 0 Å². The number of fused-ring (bicyclic) bond motifs is 2. The molecule has 1 heterocycles. The van der Waals surface area contributed by atoms with Crippen LogP contribution in [0.1, 0.15) is 23.1 Å². The highest BCUT2D eigenvalue weighted by molar-refractivity contribution is 5.91. The highest BCUT2D eigenvalue weighted by atomic mass is 16.5. The molecular weight excluding hydrogens is 438 g/mol. The van der Waals surface area contributed by atoms with Crippen molar-refractivity contribution in [1.82, 2.24) is 15.5 Å². The predicted octanol–water partition coefficient (Wildman–Crippen LogP) is 3.31. The number of benzene rings is 3. The summed E-state index contributed by atoms with van der Waals surface area (Å²) in [6.45, 7) is 2.70. The second-order valence-corrected chi connectivity index (χ2v) is 9.61. The minimum Gasteiger partial charge on any atom is -0.496 e. The van der Waals surface area contributed by atoms with E-state index in [1.807, 2.05) is 12.1 Å². The van der Waals surface area contributed by atoms with Crippen molar-refractivity contribution in [1.29, 1.82) is 0 Å². The molecule has 0 aromatic heterocycles. The van der Waals surface area contributed by atoms with E-state index in [0.717, 1.165) is 43.5 Å². The Hall–Kier alpha value is -2.93. The molecule has 1 saturated heterocycles. The van der Waals surface area contributed by atoms with Crippen molar-refractivity contribution < 1.29 is 14.3 Å². The Kier molecular flexibility index (Phi) is 7.32. The van der Waals surface area contributed by atoms with Gasteiger partial charge in [-0.25, -0.2) is 0 Å². The molecule has 0 radical (unpaired) electrons. The van der Waals surface area contributed by atoms with Crippen LogP contribution in [-0.4, -0.2) is 62.8 Å². The molecule has 2 aliphatic rings. The zero-order valence-corrected chi connectivity index (χ0v) is 20.6. The molecule has 1 aliphatic carbocycles. The third-order valence-corrected chi connectivity index (χ3v) is 7.52. The topological polar surface area (TPSA) is 62.8 Å². The summed E-state index contributed by atoms with van der Waals surface area (Å²) in [5, 5.41) is 9.18. The van der Waals surface area contributed by atoms with Gasteiger partial charge in [0.05, 0.1) is 19.8 Å². The van der Waals surface area contributed by atoms with Gasteiger partial charge in [-0.1, -0.05) is 54.6 Å². The van der Waals surface area contributed by atoms with Gasteiger partial charge in [0.15, 0.2) is 0 Å². The summed E-state index contributed by atoms with van der Waals surface area (Å²) in [6.07, 6.45) is 2.82. The van der Waals surface area contributed by atoms with Gasteiger partial charge in [-0.15, -0.1) is 0 Å². The fraction of sp³-hybridized carbons (Fsp3) is 0.414. The van der Waals surface area contributed by atoms with Gasteiger partial charge in [0.25, 0.3) is 0 Å². The second-order valence-electron chi connectivity index (χ2n) is 9.61. The lowest BCUT2D eigenvalue weighted by atomic mass is 10.0. The van der Waals surface area contributed by atoms with E-state index in [0.29, 0.717) is 19.2 Å². The van der Waals surface area contributed by atoms with E-state index in [-0.39, 0.29) is 18.0 Å². The summed E-state index contributed by atoms with van der Waals surface area (Å²) < 4.78 is 10.7. The van der Waals surface area contributed by atoms with Crippen LogP contribution < -0.4 is 15.4 Å². The van der Waals surface area contributed by atoms with Gasteiger partial charge in [-0.05, 0) is 47.4 Å². The lowest BCUT2D eigenvalue weighted by molar-refractivity contribution is -0.126. The normalized spacial score (nSPS) is 20.3. The van der Waals surface area contributed by atoms with Gasteiger partial charge in [-0.3, -0.25) is 9.69 Å². The third-order valence-electron chi connectivity index (χ3n) is 7.52. The number of methoxy groups -OCH3 is 2. The van der Waals surface area contributed by atoms with Gasteiger partial charge in [-0.2, -0.15) is 0 Å². The van der Waals surface area contributed by atoms with E-state index < -0.39 is 0 Å². The van der Waals surface area contributed by atoms with Crippen molar-refractivity contribution >= 4 is 16.7 Å². The molecule has 5 rings (SSSR count). The van der Waals surface area contributed by atoms with Gasteiger partial charge in [0.1, 0.15) is 5.75 Å². The molecule has 3 aromatic carbocycles. The second kappa shape index (κ2) is 10.8. The van der Waals surface area contributed by atoms with Crippen molar-refractivity contribution in [3.63, 3.8) is 0 Å². The lowest BCUT2D eigenvalue weighted by Gasteiger charge is -2.29. The predicted molar refractivity (Wildman–Crippen MR) is 139 cm³/mol. The number of amides is 1. The first-order valence-corrected chi connectivity index (χ1v) is 12.5. The first-order valence-electron chi connectivity index (χ1n) is 12.5. The molecule has 1 aliphatic heterocycles. The van der Waals surface area contributed by atoms with Crippen LogP contribution in [0.3, 0.4) is 0 Å². The molecule has 2 atom stereocenters. The minimum absolute atomic E-state index is 0.109. The Morgan fingerprint density at radius 3 is 2.40 bits per heavy atom. The molecule has 0 bridgehead atoms. The average Bonchev–Trinajstić information content (AvgIpc) is 3.51. The van der Waals surface area contributed by atoms with Gasteiger partial charge >= 0.3 is 0 Å². The number of ether oxygens (including phenoxy) is 2. The minimum atomic E-state index is -0.128. The van der Waals surface area contributed by atoms with Crippen molar-refractivity contribution in [3.05, 3.63) is 77.4 Å². The standard InChI is InChI=1S/C29H35N3O3/c1-34-14-13-30-29(33)27-17-23(19-32(27)24-15-20-7-3-4-8-21(20)16-24)31-18-22-11-12-28(35-2)26-10-6-5-9-25(22)26/h3-12,23-24,27,31H,13-19H2,1-2H3,(H,30,33)/t23-,27+/m1/s1. The smallest absolute Gasteiger partial charge is 0.237 e. The number of carbonyl (C=O) groups excluding carboxylic acids is 1. The molecule has 3 aromatic rings. The zero-order chi connectivity index (χ0) is 24.2. The number of hydrogen-bond acceptors (Lipinski definition) is 5. The van der Waals surface area contributed by atoms with Crippen molar-refractivity contribution in [2.24, 2.45) is 0 Å². The van der Waals surface area contributed by atoms with E-state index in [1.54, 1.807) is 14.2 Å². The maximum absolute atomic E-state index is 13.2. The van der Waals surface area contributed by atoms with E-state index >= 15 is 0 Å². The van der Waals surface area contributed by atoms with Crippen LogP contribution in [0.4, 0.5) is 0 Å². The zero-order valence-electron chi connectivity index (χ0n) is 20.6. The summed E-state index contributed by atoms with van der Waals surface area (Å²) in [4.78, 5) is 15.6. The maximum atomic E-state index is 13.2. The molecule has 1 amide bonds. The van der Waals surface area contributed by atoms with Crippen molar-refractivity contribution in [3.8, 4) is 5.75 Å². The van der Waals surface area contributed by atoms with Crippen LogP contribution in [0.25, 0.3) is 10.8 Å². The SMILES string of the molecule is COCCNC(=O)[C@@H]1C[C@@H](NCc2ccc(OC)c3ccccc23)CN1C1Cc2ccccc2C1. The Morgan fingerprint density at radius 1 is 0.971 bits per heavy atom. The number of rotatable bonds is 9. The summed E-state index contributed by atoms with van der Waals surface area (Å²) in [6, 6.07) is 21.7. The van der Waals surface area contributed by atoms with Crippen molar-refractivity contribution in [2.75, 3.05) is 33.9 Å². The van der Waals surface area contributed by atoms with Gasteiger partial charge < -0.3 is 20.1 Å². The summed E-state index contributed by atoms with van der Waals surface area (Å²) in [7, 11) is 3.37. The largest absolute Gasteiger partial charge is 0.496 e. The fourth-order valence-corrected chi connectivity index (χ4v) is 5.75. The highest BCUT2D eigenvalue weighted by Gasteiger charge is 2.41. The van der Waals surface area contributed by atoms with Gasteiger partial charge in [0.2, 0.25) is 5.91 Å². The monoisotopic (exact) mass is 473 g/mol. The number of likely N-dealkylation sites (tertiary alicyclic amines) is 1. The molecule has 6 heteroatoms. The van der Waals surface area contributed by atoms with Crippen molar-refractivity contribution in [2.45, 2.75) is 43.9 Å². The molecule has 2 N–H and O–H groups in total. The Morgan fingerprint density at radius 2 is 1.69 bits per heavy atom. The summed E-state index contributed by atoms with van der Waals surface area (Å²) in [5.41, 5.74) is 4.07. The fourth-order valence-electron chi connectivity index (χ4n) is 5.75. The van der Waals surface area contributed by atoms with Crippen LogP contribution >= 0.6 is 0 Å². The molecule has 0 spiro atoms. The molecule has 35 heavy (non-hydrogen) atoms. The lowest BCUT2D eigenvalue weighted by Crippen LogP contribution is -2.48. The average molecular weight is 474 g/mol. The van der Waals surface area contributed by atoms with Gasteiger partial charge in [0, 0.05) is 44.2 Å². The number of nitrogens with zero attached hydrogens (tertiary/aromatic N) is 1. The maximum Gasteiger partial charge on any atom is 0.237 e. The first kappa shape index (κ1) is 23.8. The quantitative estimate of drug-likeness (QED) is 0.467. The van der Waals surface area contributed by atoms with E-state index in [2.05, 4.69) is 64.1 Å². The number of nitrogens with one attached hydrogen (secondary N) is 2. The number of carbonyl (C=O) groups is 1. The molecule has 0 saturated carbocycles. The molecular formula is C29H35N3O3. The number of hydrogen-bond donors (Lipinski definition) is 2. The van der Waals surface area contributed by atoms with Crippen LogP contribution in [0.15, 0.2) is 60.7 Å². The van der Waals surface area contributed by atoms with E-state index in [4.69, 9.17) is 9.47 Å². The van der Waals surface area contributed by atoms with Crippen LogP contribution in [0, 0.1) is 0 Å². The Bertz CT molecular complexity index is 1160. The molecule has 0 unspecified atom stereocenters. The summed E-state index contributed by atoms with van der Waals surface area (Å²) in [5.74, 6) is 1.00. The molecule has 184 valence electrons. The van der Waals surface area contributed by atoms with Crippen LogP contribution in [-0.2, 0) is 28.9 Å². The third kappa shape index (κ3) is 5.06.